The smallest absolute Gasteiger partial charge is 0.315 e. The summed E-state index contributed by atoms with van der Waals surface area (Å²) in [6.45, 7) is 0.687. The van der Waals surface area contributed by atoms with Crippen LogP contribution in [0.25, 0.3) is 0 Å². The Hall–Kier alpha value is -1.06. The Morgan fingerprint density at radius 2 is 2.55 bits per heavy atom. The fourth-order valence-corrected chi connectivity index (χ4v) is 1.15. The number of hydrogen-bond donors (Lipinski definition) is 1. The molecule has 11 heavy (non-hydrogen) atoms. The van der Waals surface area contributed by atoms with Crippen LogP contribution in [0.15, 0.2) is 4.99 Å². The van der Waals surface area contributed by atoms with Crippen LogP contribution in [0.2, 0.25) is 0 Å². The molecule has 1 rings (SSSR count). The summed E-state index contributed by atoms with van der Waals surface area (Å²) in [4.78, 5) is 14.5. The lowest BCUT2D eigenvalue weighted by atomic mass is 10.0. The molecule has 0 spiro atoms. The van der Waals surface area contributed by atoms with Gasteiger partial charge < -0.3 is 9.84 Å². The van der Waals surface area contributed by atoms with Crippen molar-refractivity contribution in [2.24, 2.45) is 10.9 Å². The molecule has 0 amide bonds. The quantitative estimate of drug-likeness (QED) is 0.603. The first kappa shape index (κ1) is 8.04. The van der Waals surface area contributed by atoms with Crippen LogP contribution < -0.4 is 0 Å². The van der Waals surface area contributed by atoms with Gasteiger partial charge in [-0.05, 0) is 12.8 Å². The minimum absolute atomic E-state index is 0.365. The Kier molecular flexibility index (Phi) is 2.46. The van der Waals surface area contributed by atoms with Gasteiger partial charge in [-0.3, -0.25) is 9.79 Å². The molecule has 0 saturated carbocycles. The number of carboxylic acid groups (broad SMARTS) is 1. The van der Waals surface area contributed by atoms with Gasteiger partial charge in [-0.15, -0.1) is 0 Å². The maximum absolute atomic E-state index is 10.6. The lowest BCUT2D eigenvalue weighted by molar-refractivity contribution is -0.140. The number of rotatable bonds is 1. The van der Waals surface area contributed by atoms with Gasteiger partial charge in [0.15, 0.2) is 5.90 Å². The third-order valence-corrected chi connectivity index (χ3v) is 1.72. The summed E-state index contributed by atoms with van der Waals surface area (Å²) in [5.41, 5.74) is 0. The first-order valence-electron chi connectivity index (χ1n) is 3.57. The Labute approximate surface area is 64.9 Å². The SMILES string of the molecule is COC1=NCCCC1C(=O)O. The summed E-state index contributed by atoms with van der Waals surface area (Å²) >= 11 is 0. The number of hydrogen-bond acceptors (Lipinski definition) is 3. The van der Waals surface area contributed by atoms with E-state index < -0.39 is 11.9 Å². The molecular weight excluding hydrogens is 146 g/mol. The number of methoxy groups -OCH3 is 1. The monoisotopic (exact) mass is 157 g/mol. The average molecular weight is 157 g/mol. The standard InChI is InChI=1S/C7H11NO3/c1-11-6-5(7(9)10)3-2-4-8-6/h5H,2-4H2,1H3,(H,9,10). The van der Waals surface area contributed by atoms with Crippen molar-refractivity contribution in [2.45, 2.75) is 12.8 Å². The van der Waals surface area contributed by atoms with E-state index in [1.165, 1.54) is 7.11 Å². The molecule has 1 N–H and O–H groups in total. The van der Waals surface area contributed by atoms with E-state index in [1.807, 2.05) is 0 Å². The molecule has 1 aliphatic rings. The van der Waals surface area contributed by atoms with Gasteiger partial charge in [0.1, 0.15) is 5.92 Å². The summed E-state index contributed by atoms with van der Waals surface area (Å²) in [5, 5.41) is 8.68. The maximum atomic E-state index is 10.6. The van der Waals surface area contributed by atoms with Gasteiger partial charge in [0, 0.05) is 6.54 Å². The van der Waals surface area contributed by atoms with Crippen LogP contribution in [0.1, 0.15) is 12.8 Å². The number of carbonyl (C=O) groups is 1. The van der Waals surface area contributed by atoms with E-state index in [0.29, 0.717) is 18.9 Å². The highest BCUT2D eigenvalue weighted by Gasteiger charge is 2.26. The molecule has 1 aliphatic heterocycles. The zero-order chi connectivity index (χ0) is 8.27. The third kappa shape index (κ3) is 1.69. The van der Waals surface area contributed by atoms with Crippen LogP contribution in [-0.2, 0) is 9.53 Å². The van der Waals surface area contributed by atoms with E-state index in [1.54, 1.807) is 0 Å². The van der Waals surface area contributed by atoms with E-state index >= 15 is 0 Å². The number of carboxylic acids is 1. The molecule has 4 nitrogen and oxygen atoms in total. The van der Waals surface area contributed by atoms with Crippen molar-refractivity contribution in [3.05, 3.63) is 0 Å². The lowest BCUT2D eigenvalue weighted by Gasteiger charge is -2.17. The molecule has 1 unspecified atom stereocenters. The topological polar surface area (TPSA) is 58.9 Å². The van der Waals surface area contributed by atoms with Crippen molar-refractivity contribution in [3.8, 4) is 0 Å². The Morgan fingerprint density at radius 1 is 1.82 bits per heavy atom. The summed E-state index contributed by atoms with van der Waals surface area (Å²) in [6.07, 6.45) is 1.48. The molecule has 0 aromatic heterocycles. The van der Waals surface area contributed by atoms with Crippen molar-refractivity contribution in [1.29, 1.82) is 0 Å². The van der Waals surface area contributed by atoms with Crippen molar-refractivity contribution >= 4 is 11.9 Å². The van der Waals surface area contributed by atoms with E-state index in [9.17, 15) is 4.79 Å². The Bertz CT molecular complexity index is 188. The van der Waals surface area contributed by atoms with E-state index in [2.05, 4.69) is 4.99 Å². The number of aliphatic carboxylic acids is 1. The third-order valence-electron chi connectivity index (χ3n) is 1.72. The molecule has 62 valence electrons. The molecule has 0 fully saturated rings. The van der Waals surface area contributed by atoms with Crippen LogP contribution in [-0.4, -0.2) is 30.6 Å². The van der Waals surface area contributed by atoms with Crippen LogP contribution in [0.5, 0.6) is 0 Å². The van der Waals surface area contributed by atoms with Gasteiger partial charge in [-0.25, -0.2) is 0 Å². The highest BCUT2D eigenvalue weighted by atomic mass is 16.5. The predicted molar refractivity (Wildman–Crippen MR) is 39.7 cm³/mol. The Morgan fingerprint density at radius 3 is 3.00 bits per heavy atom. The van der Waals surface area contributed by atoms with Crippen LogP contribution in [0.3, 0.4) is 0 Å². The summed E-state index contributed by atoms with van der Waals surface area (Å²) in [6, 6.07) is 0. The zero-order valence-electron chi connectivity index (χ0n) is 6.41. The minimum atomic E-state index is -0.842. The number of ether oxygens (including phenoxy) is 1. The molecule has 0 saturated heterocycles. The van der Waals surface area contributed by atoms with Gasteiger partial charge in [0.25, 0.3) is 0 Å². The predicted octanol–water partition coefficient (Wildman–Crippen LogP) is 0.526. The molecule has 1 heterocycles. The molecule has 1 atom stereocenters. The lowest BCUT2D eigenvalue weighted by Crippen LogP contribution is -2.28. The molecule has 4 heteroatoms. The molecule has 0 radical (unpaired) electrons. The summed E-state index contributed by atoms with van der Waals surface area (Å²) in [7, 11) is 1.46. The first-order chi connectivity index (χ1) is 5.25. The highest BCUT2D eigenvalue weighted by molar-refractivity contribution is 5.97. The van der Waals surface area contributed by atoms with Crippen LogP contribution in [0.4, 0.5) is 0 Å². The normalized spacial score (nSPS) is 24.1. The van der Waals surface area contributed by atoms with E-state index in [0.717, 1.165) is 6.42 Å². The maximum Gasteiger partial charge on any atom is 0.315 e. The zero-order valence-corrected chi connectivity index (χ0v) is 6.41. The molecule has 0 aliphatic carbocycles. The Balaban J connectivity index is 2.69. The largest absolute Gasteiger partial charge is 0.484 e. The average Bonchev–Trinajstić information content (AvgIpc) is 2.04. The van der Waals surface area contributed by atoms with Crippen LogP contribution in [0, 0.1) is 5.92 Å². The second-order valence-electron chi connectivity index (χ2n) is 2.46. The van der Waals surface area contributed by atoms with E-state index in [-0.39, 0.29) is 0 Å². The second kappa shape index (κ2) is 3.37. The van der Waals surface area contributed by atoms with Gasteiger partial charge >= 0.3 is 5.97 Å². The molecular formula is C7H11NO3. The van der Waals surface area contributed by atoms with Crippen molar-refractivity contribution in [1.82, 2.24) is 0 Å². The van der Waals surface area contributed by atoms with Gasteiger partial charge in [-0.2, -0.15) is 0 Å². The molecule has 0 aromatic rings. The second-order valence-corrected chi connectivity index (χ2v) is 2.46. The molecule has 0 bridgehead atoms. The molecule has 0 aromatic carbocycles. The van der Waals surface area contributed by atoms with Crippen molar-refractivity contribution in [2.75, 3.05) is 13.7 Å². The summed E-state index contributed by atoms with van der Waals surface area (Å²) < 4.78 is 4.83. The van der Waals surface area contributed by atoms with Gasteiger partial charge in [0.2, 0.25) is 0 Å². The van der Waals surface area contributed by atoms with Gasteiger partial charge in [-0.1, -0.05) is 0 Å². The fraction of sp³-hybridized carbons (Fsp3) is 0.714. The number of nitrogens with zero attached hydrogens (tertiary/aromatic N) is 1. The van der Waals surface area contributed by atoms with Crippen LogP contribution >= 0.6 is 0 Å². The first-order valence-corrected chi connectivity index (χ1v) is 3.57. The van der Waals surface area contributed by atoms with Crippen molar-refractivity contribution in [3.63, 3.8) is 0 Å². The fourth-order valence-electron chi connectivity index (χ4n) is 1.15. The van der Waals surface area contributed by atoms with Crippen molar-refractivity contribution < 1.29 is 14.6 Å². The highest BCUT2D eigenvalue weighted by Crippen LogP contribution is 2.15. The minimum Gasteiger partial charge on any atom is -0.484 e. The number of aliphatic imine (C=N–C) groups is 1. The summed E-state index contributed by atoms with van der Waals surface area (Å²) in [5.74, 6) is -0.997. The van der Waals surface area contributed by atoms with E-state index in [4.69, 9.17) is 9.84 Å². The van der Waals surface area contributed by atoms with Gasteiger partial charge in [0.05, 0.1) is 7.11 Å².